The van der Waals surface area contributed by atoms with Gasteiger partial charge in [0.25, 0.3) is 0 Å². The van der Waals surface area contributed by atoms with Crippen LogP contribution in [0.15, 0.2) is 53.0 Å². The molecule has 0 bridgehead atoms. The highest BCUT2D eigenvalue weighted by Gasteiger charge is 2.70. The van der Waals surface area contributed by atoms with Gasteiger partial charge in [-0.05, 0) is 30.2 Å². The Kier molecular flexibility index (Phi) is 4.90. The van der Waals surface area contributed by atoms with Crippen molar-refractivity contribution in [1.29, 1.82) is 0 Å². The fourth-order valence-electron chi connectivity index (χ4n) is 5.33. The number of fused-ring (bicyclic) bond motifs is 4. The third-order valence-electron chi connectivity index (χ3n) is 6.66. The molecule has 0 aromatic heterocycles. The van der Waals surface area contributed by atoms with E-state index in [1.807, 2.05) is 30.3 Å². The van der Waals surface area contributed by atoms with E-state index < -0.39 is 41.1 Å². The molecule has 0 saturated carbocycles. The van der Waals surface area contributed by atoms with Crippen molar-refractivity contribution in [3.05, 3.63) is 64.1 Å². The molecule has 3 aliphatic rings. The van der Waals surface area contributed by atoms with Crippen molar-refractivity contribution in [3.8, 4) is 0 Å². The van der Waals surface area contributed by atoms with E-state index in [2.05, 4.69) is 26.6 Å². The Morgan fingerprint density at radius 1 is 1.09 bits per heavy atom. The first-order chi connectivity index (χ1) is 15.3. The van der Waals surface area contributed by atoms with E-state index in [9.17, 15) is 19.2 Å². The summed E-state index contributed by atoms with van der Waals surface area (Å²) in [6.07, 6.45) is 0.359. The summed E-state index contributed by atoms with van der Waals surface area (Å²) in [7, 11) is 0. The van der Waals surface area contributed by atoms with Crippen LogP contribution in [0.5, 0.6) is 0 Å². The Bertz CT molecular complexity index is 1150. The zero-order chi connectivity index (χ0) is 22.6. The highest BCUT2D eigenvalue weighted by molar-refractivity contribution is 9.10. The average Bonchev–Trinajstić information content (AvgIpc) is 3.32. The molecule has 1 spiro atoms. The van der Waals surface area contributed by atoms with Crippen molar-refractivity contribution in [1.82, 2.24) is 10.2 Å². The van der Waals surface area contributed by atoms with Crippen LogP contribution in [-0.2, 0) is 31.1 Å². The number of likely N-dealkylation sites (tertiary alicyclic amines) is 1. The number of imide groups is 1. The van der Waals surface area contributed by atoms with Gasteiger partial charge in [-0.3, -0.25) is 29.4 Å². The van der Waals surface area contributed by atoms with E-state index >= 15 is 0 Å². The molecular formula is C23H21BrN4O4. The van der Waals surface area contributed by atoms with Gasteiger partial charge in [-0.15, -0.1) is 0 Å². The van der Waals surface area contributed by atoms with Crippen molar-refractivity contribution in [2.24, 2.45) is 17.6 Å². The van der Waals surface area contributed by atoms with Crippen molar-refractivity contribution in [2.45, 2.75) is 24.4 Å². The van der Waals surface area contributed by atoms with Crippen LogP contribution in [0.25, 0.3) is 0 Å². The van der Waals surface area contributed by atoms with Gasteiger partial charge < -0.3 is 11.1 Å². The molecule has 4 N–H and O–H groups in total. The molecule has 9 heteroatoms. The average molecular weight is 497 g/mol. The summed E-state index contributed by atoms with van der Waals surface area (Å²) in [6, 6.07) is 14.2. The first kappa shape index (κ1) is 20.8. The standard InChI is InChI=1S/C23H21BrN4O4/c24-13-6-7-15-14(10-13)23(22(32)26-15)19-18(16(27-23)11-17(25)29)20(30)28(21(19)31)9-8-12-4-2-1-3-5-12/h1-7,10,16,18-19,27H,8-9,11H2,(H2,25,29)(H,26,32)/t16?,18-,19+,23?/m0/s1. The van der Waals surface area contributed by atoms with Crippen LogP contribution in [0, 0.1) is 11.8 Å². The van der Waals surface area contributed by atoms with Crippen LogP contribution >= 0.6 is 15.9 Å². The molecule has 32 heavy (non-hydrogen) atoms. The quantitative estimate of drug-likeness (QED) is 0.538. The smallest absolute Gasteiger partial charge is 0.250 e. The Labute approximate surface area is 192 Å². The number of amides is 4. The van der Waals surface area contributed by atoms with Crippen LogP contribution in [0.2, 0.25) is 0 Å². The van der Waals surface area contributed by atoms with Gasteiger partial charge in [0.15, 0.2) is 0 Å². The number of hydrogen-bond acceptors (Lipinski definition) is 5. The number of carbonyl (C=O) groups excluding carboxylic acids is 4. The molecule has 2 saturated heterocycles. The number of nitrogens with two attached hydrogens (primary N) is 1. The molecule has 4 atom stereocenters. The highest BCUT2D eigenvalue weighted by Crippen LogP contribution is 2.53. The van der Waals surface area contributed by atoms with Crippen molar-refractivity contribution in [3.63, 3.8) is 0 Å². The molecule has 2 aromatic carbocycles. The minimum absolute atomic E-state index is 0.148. The molecule has 164 valence electrons. The zero-order valence-corrected chi connectivity index (χ0v) is 18.6. The largest absolute Gasteiger partial charge is 0.370 e. The normalized spacial score (nSPS) is 28.2. The minimum atomic E-state index is -1.43. The van der Waals surface area contributed by atoms with Gasteiger partial charge in [-0.25, -0.2) is 0 Å². The van der Waals surface area contributed by atoms with Gasteiger partial charge in [-0.1, -0.05) is 46.3 Å². The fourth-order valence-corrected chi connectivity index (χ4v) is 5.69. The molecule has 2 fully saturated rings. The number of nitrogens with one attached hydrogen (secondary N) is 2. The Morgan fingerprint density at radius 2 is 1.84 bits per heavy atom. The van der Waals surface area contributed by atoms with Gasteiger partial charge in [0.05, 0.1) is 11.8 Å². The Balaban J connectivity index is 1.55. The predicted molar refractivity (Wildman–Crippen MR) is 119 cm³/mol. The van der Waals surface area contributed by atoms with Crippen LogP contribution in [0.4, 0.5) is 5.69 Å². The van der Waals surface area contributed by atoms with Gasteiger partial charge in [0.1, 0.15) is 5.54 Å². The van der Waals surface area contributed by atoms with Gasteiger partial charge in [0, 0.05) is 34.7 Å². The van der Waals surface area contributed by atoms with Crippen molar-refractivity contribution < 1.29 is 19.2 Å². The van der Waals surface area contributed by atoms with Gasteiger partial charge in [-0.2, -0.15) is 0 Å². The number of carbonyl (C=O) groups is 4. The summed E-state index contributed by atoms with van der Waals surface area (Å²) in [5.41, 5.74) is 6.18. The number of primary amides is 1. The zero-order valence-electron chi connectivity index (χ0n) is 17.0. The first-order valence-corrected chi connectivity index (χ1v) is 11.2. The molecular weight excluding hydrogens is 476 g/mol. The van der Waals surface area contributed by atoms with Crippen molar-refractivity contribution >= 4 is 45.2 Å². The first-order valence-electron chi connectivity index (χ1n) is 10.4. The molecule has 5 rings (SSSR count). The lowest BCUT2D eigenvalue weighted by molar-refractivity contribution is -0.142. The number of hydrogen-bond donors (Lipinski definition) is 3. The van der Waals surface area contributed by atoms with Gasteiger partial charge >= 0.3 is 0 Å². The number of halogens is 1. The third-order valence-corrected chi connectivity index (χ3v) is 7.15. The fraction of sp³-hybridized carbons (Fsp3) is 0.304. The number of rotatable bonds is 5. The summed E-state index contributed by atoms with van der Waals surface area (Å²) in [4.78, 5) is 53.3. The minimum Gasteiger partial charge on any atom is -0.370 e. The lowest BCUT2D eigenvalue weighted by Crippen LogP contribution is -2.53. The molecule has 4 amide bonds. The van der Waals surface area contributed by atoms with E-state index in [0.29, 0.717) is 17.7 Å². The monoisotopic (exact) mass is 496 g/mol. The second-order valence-electron chi connectivity index (χ2n) is 8.44. The number of anilines is 1. The van der Waals surface area contributed by atoms with Crippen LogP contribution in [-0.4, -0.2) is 41.1 Å². The van der Waals surface area contributed by atoms with Crippen LogP contribution in [0.1, 0.15) is 17.5 Å². The van der Waals surface area contributed by atoms with Crippen LogP contribution < -0.4 is 16.4 Å². The second kappa shape index (κ2) is 7.53. The molecule has 2 aromatic rings. The summed E-state index contributed by atoms with van der Waals surface area (Å²) in [5, 5.41) is 6.02. The maximum Gasteiger partial charge on any atom is 0.250 e. The second-order valence-corrected chi connectivity index (χ2v) is 9.36. The summed E-state index contributed by atoms with van der Waals surface area (Å²) in [6.45, 7) is 0.209. The predicted octanol–water partition coefficient (Wildman–Crippen LogP) is 1.29. The molecule has 2 unspecified atom stereocenters. The maximum atomic E-state index is 13.6. The molecule has 0 radical (unpaired) electrons. The lowest BCUT2D eigenvalue weighted by atomic mass is 9.76. The Morgan fingerprint density at radius 3 is 2.56 bits per heavy atom. The maximum absolute atomic E-state index is 13.6. The molecule has 3 heterocycles. The van der Waals surface area contributed by atoms with Crippen molar-refractivity contribution in [2.75, 3.05) is 11.9 Å². The SMILES string of the molecule is NC(=O)CC1NC2(C(=O)Nc3ccc(Br)cc32)[C@H]2C(=O)N(CCc3ccccc3)C(=O)[C@@H]12. The van der Waals surface area contributed by atoms with Gasteiger partial charge in [0.2, 0.25) is 23.6 Å². The summed E-state index contributed by atoms with van der Waals surface area (Å²) < 4.78 is 0.738. The summed E-state index contributed by atoms with van der Waals surface area (Å²) >= 11 is 3.43. The highest BCUT2D eigenvalue weighted by atomic mass is 79.9. The third kappa shape index (κ3) is 2.99. The van der Waals surface area contributed by atoms with E-state index in [-0.39, 0.29) is 18.9 Å². The van der Waals surface area contributed by atoms with Crippen LogP contribution in [0.3, 0.4) is 0 Å². The topological polar surface area (TPSA) is 122 Å². The molecule has 0 aliphatic carbocycles. The molecule has 3 aliphatic heterocycles. The van der Waals surface area contributed by atoms with E-state index in [1.54, 1.807) is 18.2 Å². The molecule has 8 nitrogen and oxygen atoms in total. The lowest BCUT2D eigenvalue weighted by Gasteiger charge is -2.29. The number of benzene rings is 2. The number of nitrogens with zero attached hydrogens (tertiary/aromatic N) is 1. The van der Waals surface area contributed by atoms with E-state index in [0.717, 1.165) is 10.0 Å². The Hall–Kier alpha value is -3.04. The van der Waals surface area contributed by atoms with E-state index in [1.165, 1.54) is 4.90 Å². The summed E-state index contributed by atoms with van der Waals surface area (Å²) in [5.74, 6) is -3.58. The van der Waals surface area contributed by atoms with E-state index in [4.69, 9.17) is 5.73 Å².